The molecule has 0 fully saturated rings. The van der Waals surface area contributed by atoms with E-state index in [1.807, 2.05) is 0 Å². The van der Waals surface area contributed by atoms with E-state index in [0.29, 0.717) is 0 Å². The fourth-order valence-electron chi connectivity index (χ4n) is 1.45. The maximum absolute atomic E-state index is 12.6. The van der Waals surface area contributed by atoms with Gasteiger partial charge in [0.1, 0.15) is 4.99 Å². The third-order valence-corrected chi connectivity index (χ3v) is 2.50. The normalized spacial score (nSPS) is 11.3. The molecule has 0 saturated heterocycles. The Bertz CT molecular complexity index is 529. The number of anilines is 1. The molecule has 20 heavy (non-hydrogen) atoms. The lowest BCUT2D eigenvalue weighted by molar-refractivity contribution is -0.137. The standard InChI is InChI=1S/C12H14F3N3OS/c1-6(2)17-11(19)18-9-4-3-7(12(13,14)15)5-8(9)10(16)20/h3-6H,1-2H3,(H2,16,20)(H2,17,18,19). The number of rotatable bonds is 3. The van der Waals surface area contributed by atoms with Gasteiger partial charge in [0.05, 0.1) is 11.3 Å². The van der Waals surface area contributed by atoms with Crippen LogP contribution in [0.25, 0.3) is 0 Å². The van der Waals surface area contributed by atoms with E-state index in [9.17, 15) is 18.0 Å². The summed E-state index contributed by atoms with van der Waals surface area (Å²) in [5.41, 5.74) is 4.61. The van der Waals surface area contributed by atoms with E-state index in [1.54, 1.807) is 13.8 Å². The fourth-order valence-corrected chi connectivity index (χ4v) is 1.62. The summed E-state index contributed by atoms with van der Waals surface area (Å²) in [6, 6.07) is 2.13. The van der Waals surface area contributed by atoms with Crippen molar-refractivity contribution in [3.8, 4) is 0 Å². The topological polar surface area (TPSA) is 67.2 Å². The van der Waals surface area contributed by atoms with Gasteiger partial charge in [-0.2, -0.15) is 13.2 Å². The molecule has 110 valence electrons. The van der Waals surface area contributed by atoms with E-state index < -0.39 is 17.8 Å². The maximum Gasteiger partial charge on any atom is 0.416 e. The van der Waals surface area contributed by atoms with Gasteiger partial charge in [-0.1, -0.05) is 12.2 Å². The monoisotopic (exact) mass is 305 g/mol. The molecule has 1 rings (SSSR count). The number of thiocarbonyl (C=S) groups is 1. The highest BCUT2D eigenvalue weighted by Gasteiger charge is 2.31. The summed E-state index contributed by atoms with van der Waals surface area (Å²) in [6.07, 6.45) is -4.50. The summed E-state index contributed by atoms with van der Waals surface area (Å²) >= 11 is 4.71. The second-order valence-corrected chi connectivity index (χ2v) is 4.82. The molecule has 2 amide bonds. The van der Waals surface area contributed by atoms with Crippen LogP contribution in [0.3, 0.4) is 0 Å². The van der Waals surface area contributed by atoms with Gasteiger partial charge in [0, 0.05) is 11.6 Å². The Kier molecular flexibility index (Phi) is 4.93. The van der Waals surface area contributed by atoms with Crippen molar-refractivity contribution in [2.24, 2.45) is 5.73 Å². The fraction of sp³-hybridized carbons (Fsp3) is 0.333. The molecule has 0 aromatic heterocycles. The molecule has 1 aromatic carbocycles. The average Bonchev–Trinajstić information content (AvgIpc) is 2.26. The summed E-state index contributed by atoms with van der Waals surface area (Å²) in [6.45, 7) is 3.50. The zero-order valence-corrected chi connectivity index (χ0v) is 11.7. The van der Waals surface area contributed by atoms with Crippen LogP contribution in [-0.4, -0.2) is 17.1 Å². The number of benzene rings is 1. The molecule has 8 heteroatoms. The van der Waals surface area contributed by atoms with Gasteiger partial charge >= 0.3 is 12.2 Å². The lowest BCUT2D eigenvalue weighted by atomic mass is 10.1. The molecule has 0 atom stereocenters. The quantitative estimate of drug-likeness (QED) is 0.752. The van der Waals surface area contributed by atoms with Crippen LogP contribution >= 0.6 is 12.2 Å². The smallest absolute Gasteiger partial charge is 0.389 e. The Morgan fingerprint density at radius 3 is 2.40 bits per heavy atom. The second kappa shape index (κ2) is 6.08. The SMILES string of the molecule is CC(C)NC(=O)Nc1ccc(C(F)(F)F)cc1C(N)=S. The summed E-state index contributed by atoms with van der Waals surface area (Å²) < 4.78 is 37.8. The summed E-state index contributed by atoms with van der Waals surface area (Å²) in [7, 11) is 0. The Balaban J connectivity index is 3.08. The van der Waals surface area contributed by atoms with Crippen molar-refractivity contribution in [1.29, 1.82) is 0 Å². The van der Waals surface area contributed by atoms with E-state index >= 15 is 0 Å². The third-order valence-electron chi connectivity index (χ3n) is 2.28. The highest BCUT2D eigenvalue weighted by molar-refractivity contribution is 7.80. The number of hydrogen-bond acceptors (Lipinski definition) is 2. The molecule has 0 aliphatic heterocycles. The number of nitrogens with one attached hydrogen (secondary N) is 2. The molecule has 0 aliphatic rings. The number of amides is 2. The minimum absolute atomic E-state index is 0.0336. The predicted octanol–water partition coefficient (Wildman–Crippen LogP) is 2.87. The molecular weight excluding hydrogens is 291 g/mol. The van der Waals surface area contributed by atoms with E-state index in [4.69, 9.17) is 18.0 Å². The number of urea groups is 1. The van der Waals surface area contributed by atoms with Gasteiger partial charge < -0.3 is 16.4 Å². The van der Waals surface area contributed by atoms with Crippen molar-refractivity contribution in [3.05, 3.63) is 29.3 Å². The zero-order chi connectivity index (χ0) is 15.5. The van der Waals surface area contributed by atoms with Gasteiger partial charge in [-0.3, -0.25) is 0 Å². The predicted molar refractivity (Wildman–Crippen MR) is 74.6 cm³/mol. The lowest BCUT2D eigenvalue weighted by Gasteiger charge is -2.15. The minimum atomic E-state index is -4.50. The zero-order valence-electron chi connectivity index (χ0n) is 10.8. The first-order valence-corrected chi connectivity index (χ1v) is 6.10. The number of hydrogen-bond donors (Lipinski definition) is 3. The van der Waals surface area contributed by atoms with Gasteiger partial charge in [-0.15, -0.1) is 0 Å². The molecule has 1 aromatic rings. The number of halogens is 3. The average molecular weight is 305 g/mol. The maximum atomic E-state index is 12.6. The molecule has 0 saturated carbocycles. The third kappa shape index (κ3) is 4.37. The highest BCUT2D eigenvalue weighted by atomic mass is 32.1. The van der Waals surface area contributed by atoms with Crippen LogP contribution in [0.1, 0.15) is 25.0 Å². The Morgan fingerprint density at radius 2 is 1.95 bits per heavy atom. The highest BCUT2D eigenvalue weighted by Crippen LogP contribution is 2.31. The van der Waals surface area contributed by atoms with Crippen molar-refractivity contribution in [1.82, 2.24) is 5.32 Å². The van der Waals surface area contributed by atoms with Crippen LogP contribution < -0.4 is 16.4 Å². The van der Waals surface area contributed by atoms with Crippen LogP contribution in [0.2, 0.25) is 0 Å². The van der Waals surface area contributed by atoms with Crippen molar-refractivity contribution in [2.75, 3.05) is 5.32 Å². The van der Waals surface area contributed by atoms with Gasteiger partial charge in [-0.25, -0.2) is 4.79 Å². The first kappa shape index (κ1) is 16.2. The Hall–Kier alpha value is -1.83. The van der Waals surface area contributed by atoms with Crippen LogP contribution in [0.5, 0.6) is 0 Å². The van der Waals surface area contributed by atoms with Crippen molar-refractivity contribution < 1.29 is 18.0 Å². The van der Waals surface area contributed by atoms with Crippen molar-refractivity contribution >= 4 is 28.9 Å². The number of carbonyl (C=O) groups excluding carboxylic acids is 1. The van der Waals surface area contributed by atoms with Crippen molar-refractivity contribution in [2.45, 2.75) is 26.1 Å². The first-order valence-electron chi connectivity index (χ1n) is 5.70. The minimum Gasteiger partial charge on any atom is -0.389 e. The first-order chi connectivity index (χ1) is 9.11. The molecule has 0 bridgehead atoms. The Morgan fingerprint density at radius 1 is 1.35 bits per heavy atom. The van der Waals surface area contributed by atoms with Gasteiger partial charge in [-0.05, 0) is 32.0 Å². The van der Waals surface area contributed by atoms with E-state index in [0.717, 1.165) is 18.2 Å². The van der Waals surface area contributed by atoms with Crippen molar-refractivity contribution in [3.63, 3.8) is 0 Å². The summed E-state index contributed by atoms with van der Waals surface area (Å²) in [5.74, 6) is 0. The molecule has 0 spiro atoms. The molecule has 0 unspecified atom stereocenters. The van der Waals surface area contributed by atoms with E-state index in [2.05, 4.69) is 10.6 Å². The van der Waals surface area contributed by atoms with Gasteiger partial charge in [0.25, 0.3) is 0 Å². The molecule has 0 aliphatic carbocycles. The van der Waals surface area contributed by atoms with Gasteiger partial charge in [0.15, 0.2) is 0 Å². The van der Waals surface area contributed by atoms with E-state index in [-0.39, 0.29) is 22.3 Å². The number of alkyl halides is 3. The number of carbonyl (C=O) groups is 1. The summed E-state index contributed by atoms with van der Waals surface area (Å²) in [5, 5.41) is 4.96. The van der Waals surface area contributed by atoms with Crippen LogP contribution in [-0.2, 0) is 6.18 Å². The van der Waals surface area contributed by atoms with Crippen LogP contribution in [0.15, 0.2) is 18.2 Å². The molecular formula is C12H14F3N3OS. The van der Waals surface area contributed by atoms with Gasteiger partial charge in [0.2, 0.25) is 0 Å². The molecule has 0 heterocycles. The lowest BCUT2D eigenvalue weighted by Crippen LogP contribution is -2.34. The Labute approximate surface area is 119 Å². The molecule has 4 nitrogen and oxygen atoms in total. The molecule has 0 radical (unpaired) electrons. The van der Waals surface area contributed by atoms with E-state index in [1.165, 1.54) is 0 Å². The number of nitrogens with two attached hydrogens (primary N) is 1. The summed E-state index contributed by atoms with van der Waals surface area (Å²) in [4.78, 5) is 11.3. The van der Waals surface area contributed by atoms with Crippen LogP contribution in [0, 0.1) is 0 Å². The second-order valence-electron chi connectivity index (χ2n) is 4.38. The largest absolute Gasteiger partial charge is 0.416 e. The molecule has 4 N–H and O–H groups in total. The van der Waals surface area contributed by atoms with Crippen LogP contribution in [0.4, 0.5) is 23.7 Å².